The van der Waals surface area contributed by atoms with Gasteiger partial charge in [-0.25, -0.2) is 4.99 Å². The predicted molar refractivity (Wildman–Crippen MR) is 45.1 cm³/mol. The second-order valence-electron chi connectivity index (χ2n) is 2.26. The summed E-state index contributed by atoms with van der Waals surface area (Å²) in [5.41, 5.74) is 6.34. The van der Waals surface area contributed by atoms with E-state index < -0.39 is 0 Å². The van der Waals surface area contributed by atoms with Crippen LogP contribution in [0, 0.1) is 0 Å². The van der Waals surface area contributed by atoms with Gasteiger partial charge in [-0.3, -0.25) is 0 Å². The molecule has 0 aromatic rings. The van der Waals surface area contributed by atoms with E-state index in [-0.39, 0.29) is 0 Å². The SMILES string of the molecule is C=CN=C1OCCC/C1=C/N. The molecule has 0 unspecified atom stereocenters. The van der Waals surface area contributed by atoms with Crippen LogP contribution in [0.3, 0.4) is 0 Å². The number of nitrogens with two attached hydrogens (primary N) is 1. The number of hydrogen-bond donors (Lipinski definition) is 1. The molecule has 0 spiro atoms. The predicted octanol–water partition coefficient (Wildman–Crippen LogP) is 1.18. The van der Waals surface area contributed by atoms with Crippen LogP contribution < -0.4 is 5.73 Å². The van der Waals surface area contributed by atoms with Gasteiger partial charge in [0.2, 0.25) is 5.90 Å². The van der Waals surface area contributed by atoms with Crippen LogP contribution in [0.2, 0.25) is 0 Å². The fourth-order valence-electron chi connectivity index (χ4n) is 0.989. The van der Waals surface area contributed by atoms with Crippen LogP contribution in [0.5, 0.6) is 0 Å². The Labute approximate surface area is 66.3 Å². The highest BCUT2D eigenvalue weighted by molar-refractivity contribution is 5.94. The van der Waals surface area contributed by atoms with E-state index in [0.717, 1.165) is 25.0 Å². The minimum Gasteiger partial charge on any atom is -0.477 e. The van der Waals surface area contributed by atoms with Gasteiger partial charge in [0.25, 0.3) is 0 Å². The monoisotopic (exact) mass is 152 g/mol. The molecular formula is C8H12N2O. The van der Waals surface area contributed by atoms with Crippen LogP contribution in [0.1, 0.15) is 12.8 Å². The first-order valence-electron chi connectivity index (χ1n) is 3.61. The summed E-state index contributed by atoms with van der Waals surface area (Å²) in [6, 6.07) is 0. The molecule has 0 saturated carbocycles. The number of rotatable bonds is 1. The Kier molecular flexibility index (Phi) is 2.72. The Bertz CT molecular complexity index is 206. The van der Waals surface area contributed by atoms with Crippen molar-refractivity contribution in [2.75, 3.05) is 6.61 Å². The van der Waals surface area contributed by atoms with E-state index in [4.69, 9.17) is 10.5 Å². The van der Waals surface area contributed by atoms with Crippen molar-refractivity contribution in [1.82, 2.24) is 0 Å². The van der Waals surface area contributed by atoms with Gasteiger partial charge >= 0.3 is 0 Å². The van der Waals surface area contributed by atoms with Gasteiger partial charge in [-0.15, -0.1) is 0 Å². The van der Waals surface area contributed by atoms with Crippen molar-refractivity contribution in [2.24, 2.45) is 10.7 Å². The molecule has 1 aliphatic rings. The molecule has 0 amide bonds. The normalized spacial score (nSPS) is 25.1. The van der Waals surface area contributed by atoms with E-state index in [9.17, 15) is 0 Å². The second kappa shape index (κ2) is 3.81. The Balaban J connectivity index is 2.74. The molecule has 0 bridgehead atoms. The third-order valence-corrected chi connectivity index (χ3v) is 1.51. The van der Waals surface area contributed by atoms with Gasteiger partial charge in [0, 0.05) is 18.0 Å². The molecule has 1 saturated heterocycles. The first-order valence-corrected chi connectivity index (χ1v) is 3.61. The fourth-order valence-corrected chi connectivity index (χ4v) is 0.989. The van der Waals surface area contributed by atoms with Crippen molar-refractivity contribution in [2.45, 2.75) is 12.8 Å². The van der Waals surface area contributed by atoms with Crippen LogP contribution in [-0.2, 0) is 4.74 Å². The number of nitrogens with zero attached hydrogens (tertiary/aromatic N) is 1. The Morgan fingerprint density at radius 3 is 3.09 bits per heavy atom. The van der Waals surface area contributed by atoms with Crippen LogP contribution in [-0.4, -0.2) is 12.5 Å². The average Bonchev–Trinajstić information content (AvgIpc) is 2.06. The maximum absolute atomic E-state index is 5.37. The molecular weight excluding hydrogens is 140 g/mol. The van der Waals surface area contributed by atoms with E-state index in [0.29, 0.717) is 5.90 Å². The highest BCUT2D eigenvalue weighted by Gasteiger charge is 2.12. The lowest BCUT2D eigenvalue weighted by Crippen LogP contribution is -2.16. The molecule has 60 valence electrons. The minimum absolute atomic E-state index is 0.619. The Morgan fingerprint density at radius 1 is 1.64 bits per heavy atom. The molecule has 3 nitrogen and oxygen atoms in total. The molecule has 0 aliphatic carbocycles. The third-order valence-electron chi connectivity index (χ3n) is 1.51. The summed E-state index contributed by atoms with van der Waals surface area (Å²) in [6.45, 7) is 4.21. The summed E-state index contributed by atoms with van der Waals surface area (Å²) >= 11 is 0. The number of aliphatic imine (C=N–C) groups is 1. The minimum atomic E-state index is 0.619. The number of ether oxygens (including phenoxy) is 1. The molecule has 1 fully saturated rings. The lowest BCUT2D eigenvalue weighted by molar-refractivity contribution is 0.280. The molecule has 0 aromatic heterocycles. The average molecular weight is 152 g/mol. The van der Waals surface area contributed by atoms with Gasteiger partial charge < -0.3 is 10.5 Å². The smallest absolute Gasteiger partial charge is 0.217 e. The van der Waals surface area contributed by atoms with E-state index in [2.05, 4.69) is 11.6 Å². The molecule has 1 heterocycles. The van der Waals surface area contributed by atoms with Crippen molar-refractivity contribution in [3.63, 3.8) is 0 Å². The van der Waals surface area contributed by atoms with Crippen molar-refractivity contribution >= 4 is 5.90 Å². The molecule has 0 radical (unpaired) electrons. The highest BCUT2D eigenvalue weighted by atomic mass is 16.5. The molecule has 3 heteroatoms. The van der Waals surface area contributed by atoms with Crippen LogP contribution >= 0.6 is 0 Å². The van der Waals surface area contributed by atoms with Gasteiger partial charge in [-0.2, -0.15) is 0 Å². The van der Waals surface area contributed by atoms with Gasteiger partial charge in [0.05, 0.1) is 6.61 Å². The summed E-state index contributed by atoms with van der Waals surface area (Å²) in [6.07, 6.45) is 4.97. The molecule has 0 atom stereocenters. The van der Waals surface area contributed by atoms with Crippen molar-refractivity contribution in [3.8, 4) is 0 Å². The maximum atomic E-state index is 5.37. The van der Waals surface area contributed by atoms with E-state index in [1.165, 1.54) is 6.20 Å². The van der Waals surface area contributed by atoms with E-state index in [1.54, 1.807) is 6.20 Å². The lowest BCUT2D eigenvalue weighted by Gasteiger charge is -2.16. The quantitative estimate of drug-likeness (QED) is 0.613. The number of hydrogen-bond acceptors (Lipinski definition) is 3. The van der Waals surface area contributed by atoms with Crippen molar-refractivity contribution < 1.29 is 4.74 Å². The zero-order valence-corrected chi connectivity index (χ0v) is 6.42. The molecule has 2 N–H and O–H groups in total. The molecule has 1 aliphatic heterocycles. The first-order chi connectivity index (χ1) is 5.38. The first kappa shape index (κ1) is 7.85. The van der Waals surface area contributed by atoms with Crippen LogP contribution in [0.25, 0.3) is 0 Å². The maximum Gasteiger partial charge on any atom is 0.217 e. The summed E-state index contributed by atoms with van der Waals surface area (Å²) in [4.78, 5) is 3.95. The summed E-state index contributed by atoms with van der Waals surface area (Å²) in [5, 5.41) is 0. The van der Waals surface area contributed by atoms with Gasteiger partial charge in [-0.1, -0.05) is 6.58 Å². The highest BCUT2D eigenvalue weighted by Crippen LogP contribution is 2.13. The standard InChI is InChI=1S/C8H12N2O/c1-2-10-8-7(6-9)4-3-5-11-8/h2,6H,1,3-5,9H2/b7-6-,10-8?. The Hall–Kier alpha value is -1.25. The third kappa shape index (κ3) is 1.83. The van der Waals surface area contributed by atoms with Crippen molar-refractivity contribution in [3.05, 3.63) is 24.6 Å². The summed E-state index contributed by atoms with van der Waals surface area (Å²) < 4.78 is 5.25. The topological polar surface area (TPSA) is 47.6 Å². The fraction of sp³-hybridized carbons (Fsp3) is 0.375. The zero-order valence-electron chi connectivity index (χ0n) is 6.42. The second-order valence-corrected chi connectivity index (χ2v) is 2.26. The largest absolute Gasteiger partial charge is 0.477 e. The summed E-state index contributed by atoms with van der Waals surface area (Å²) in [5.74, 6) is 0.619. The molecule has 1 rings (SSSR count). The van der Waals surface area contributed by atoms with Crippen LogP contribution in [0.15, 0.2) is 29.5 Å². The zero-order chi connectivity index (χ0) is 8.10. The van der Waals surface area contributed by atoms with Gasteiger partial charge in [-0.05, 0) is 12.8 Å². The van der Waals surface area contributed by atoms with E-state index >= 15 is 0 Å². The summed E-state index contributed by atoms with van der Waals surface area (Å²) in [7, 11) is 0. The van der Waals surface area contributed by atoms with Crippen LogP contribution in [0.4, 0.5) is 0 Å². The lowest BCUT2D eigenvalue weighted by atomic mass is 10.1. The molecule has 0 aromatic carbocycles. The van der Waals surface area contributed by atoms with Gasteiger partial charge in [0.1, 0.15) is 0 Å². The molecule has 11 heavy (non-hydrogen) atoms. The van der Waals surface area contributed by atoms with Crippen molar-refractivity contribution in [1.29, 1.82) is 0 Å². The van der Waals surface area contributed by atoms with Gasteiger partial charge in [0.15, 0.2) is 0 Å². The van der Waals surface area contributed by atoms with E-state index in [1.807, 2.05) is 0 Å². The Morgan fingerprint density at radius 2 is 2.45 bits per heavy atom.